The lowest BCUT2D eigenvalue weighted by Crippen LogP contribution is -2.19. The minimum atomic E-state index is -0.239. The van der Waals surface area contributed by atoms with Gasteiger partial charge in [-0.1, -0.05) is 22.0 Å². The third-order valence-corrected chi connectivity index (χ3v) is 3.15. The smallest absolute Gasteiger partial charge is 0.237 e. The van der Waals surface area contributed by atoms with Gasteiger partial charge < -0.3 is 10.6 Å². The maximum atomic E-state index is 11.7. The quantitative estimate of drug-likeness (QED) is 0.829. The first-order valence-electron chi connectivity index (χ1n) is 6.58. The van der Waals surface area contributed by atoms with Crippen molar-refractivity contribution in [1.82, 2.24) is 9.97 Å². The number of hydrogen-bond acceptors (Lipinski definition) is 4. The zero-order chi connectivity index (χ0) is 15.4. The average molecular weight is 349 g/mol. The predicted molar refractivity (Wildman–Crippen MR) is 88.2 cm³/mol. The Labute approximate surface area is 132 Å². The van der Waals surface area contributed by atoms with Crippen LogP contribution in [0.25, 0.3) is 0 Å². The van der Waals surface area contributed by atoms with Gasteiger partial charge in [-0.25, -0.2) is 9.97 Å². The van der Waals surface area contributed by atoms with E-state index in [1.165, 1.54) is 0 Å². The first-order valence-corrected chi connectivity index (χ1v) is 7.50. The van der Waals surface area contributed by atoms with Gasteiger partial charge in [0.2, 0.25) is 11.9 Å². The lowest BCUT2D eigenvalue weighted by molar-refractivity contribution is -0.115. The van der Waals surface area contributed by atoms with Crippen molar-refractivity contribution in [3.8, 4) is 0 Å². The van der Waals surface area contributed by atoms with Gasteiger partial charge in [0.25, 0.3) is 0 Å². The summed E-state index contributed by atoms with van der Waals surface area (Å²) in [7, 11) is 0. The van der Waals surface area contributed by atoms with Crippen LogP contribution in [0.2, 0.25) is 0 Å². The molecule has 0 saturated heterocycles. The molecule has 0 saturated carbocycles. The van der Waals surface area contributed by atoms with Crippen molar-refractivity contribution in [1.29, 1.82) is 0 Å². The van der Waals surface area contributed by atoms with E-state index in [1.54, 1.807) is 6.92 Å². The molecule has 2 N–H and O–H groups in total. The van der Waals surface area contributed by atoms with Crippen molar-refractivity contribution in [3.05, 3.63) is 41.7 Å². The fourth-order valence-electron chi connectivity index (χ4n) is 1.83. The summed E-state index contributed by atoms with van der Waals surface area (Å²) in [6.45, 7) is 5.63. The van der Waals surface area contributed by atoms with Crippen LogP contribution >= 0.6 is 15.9 Å². The van der Waals surface area contributed by atoms with Gasteiger partial charge in [-0.3, -0.25) is 4.79 Å². The van der Waals surface area contributed by atoms with Crippen LogP contribution < -0.4 is 10.6 Å². The molecule has 0 aliphatic heterocycles. The predicted octanol–water partition coefficient (Wildman–Crippen LogP) is 3.56. The van der Waals surface area contributed by atoms with E-state index in [0.717, 1.165) is 22.8 Å². The average Bonchev–Trinajstić information content (AvgIpc) is 2.37. The molecule has 1 aromatic carbocycles. The third kappa shape index (κ3) is 4.53. The van der Waals surface area contributed by atoms with Crippen LogP contribution in [-0.4, -0.2) is 20.7 Å². The van der Waals surface area contributed by atoms with Crippen LogP contribution in [0.1, 0.15) is 18.3 Å². The molecule has 1 heterocycles. The number of halogens is 1. The molecule has 1 aromatic heterocycles. The number of amides is 1. The van der Waals surface area contributed by atoms with Gasteiger partial charge in [-0.2, -0.15) is 0 Å². The molecule has 0 bridgehead atoms. The van der Waals surface area contributed by atoms with Crippen LogP contribution in [0.3, 0.4) is 0 Å². The normalized spacial score (nSPS) is 11.8. The largest absolute Gasteiger partial charge is 0.325 e. The van der Waals surface area contributed by atoms with Crippen LogP contribution in [0, 0.1) is 13.8 Å². The van der Waals surface area contributed by atoms with E-state index >= 15 is 0 Å². The van der Waals surface area contributed by atoms with Crippen LogP contribution in [0.5, 0.6) is 0 Å². The Balaban J connectivity index is 2.15. The number of carbonyl (C=O) groups excluding carboxylic acids is 1. The minimum Gasteiger partial charge on any atom is -0.325 e. The second-order valence-electron chi connectivity index (χ2n) is 4.79. The number of anilines is 3. The number of nitrogens with one attached hydrogen (secondary N) is 2. The molecule has 2 rings (SSSR count). The summed E-state index contributed by atoms with van der Waals surface area (Å²) in [6, 6.07) is 9.35. The first-order chi connectivity index (χ1) is 9.94. The Bertz CT molecular complexity index is 638. The summed E-state index contributed by atoms with van der Waals surface area (Å²) in [5, 5.41) is 5.97. The summed E-state index contributed by atoms with van der Waals surface area (Å²) in [4.78, 5) is 20.1. The van der Waals surface area contributed by atoms with E-state index in [9.17, 15) is 4.79 Å². The van der Waals surface area contributed by atoms with E-state index in [-0.39, 0.29) is 10.7 Å². The van der Waals surface area contributed by atoms with E-state index in [1.807, 2.05) is 44.2 Å². The second-order valence-corrected chi connectivity index (χ2v) is 6.16. The van der Waals surface area contributed by atoms with Crippen LogP contribution in [0.15, 0.2) is 30.3 Å². The molecule has 1 unspecified atom stereocenters. The molecular weight excluding hydrogens is 332 g/mol. The zero-order valence-electron chi connectivity index (χ0n) is 12.1. The molecule has 21 heavy (non-hydrogen) atoms. The lowest BCUT2D eigenvalue weighted by Gasteiger charge is -2.10. The lowest BCUT2D eigenvalue weighted by atomic mass is 10.2. The molecule has 6 heteroatoms. The summed E-state index contributed by atoms with van der Waals surface area (Å²) in [5.41, 5.74) is 3.35. The molecular formula is C15H17BrN4O. The van der Waals surface area contributed by atoms with E-state index in [2.05, 4.69) is 36.5 Å². The molecule has 0 spiro atoms. The van der Waals surface area contributed by atoms with Crippen molar-refractivity contribution in [3.63, 3.8) is 0 Å². The summed E-state index contributed by atoms with van der Waals surface area (Å²) < 4.78 is 0. The first kappa shape index (κ1) is 15.4. The molecule has 2 aromatic rings. The second kappa shape index (κ2) is 6.67. The van der Waals surface area contributed by atoms with Gasteiger partial charge in [-0.05, 0) is 45.0 Å². The number of rotatable bonds is 4. The fourth-order valence-corrected chi connectivity index (χ4v) is 1.94. The van der Waals surface area contributed by atoms with E-state index in [4.69, 9.17) is 0 Å². The molecule has 1 atom stereocenters. The molecule has 0 fully saturated rings. The fraction of sp³-hybridized carbons (Fsp3) is 0.267. The Morgan fingerprint density at radius 1 is 1.14 bits per heavy atom. The topological polar surface area (TPSA) is 66.9 Å². The van der Waals surface area contributed by atoms with Crippen LogP contribution in [0.4, 0.5) is 17.3 Å². The van der Waals surface area contributed by atoms with E-state index in [0.29, 0.717) is 5.95 Å². The number of aryl methyl sites for hydroxylation is 2. The number of nitrogens with zero attached hydrogens (tertiary/aromatic N) is 2. The number of aromatic nitrogens is 2. The number of benzene rings is 1. The van der Waals surface area contributed by atoms with Gasteiger partial charge in [0.05, 0.1) is 4.83 Å². The standard InChI is InChI=1S/C15H17BrN4O/c1-9-7-10(2)18-15(17-9)20-13-6-4-5-12(8-13)19-14(21)11(3)16/h4-8,11H,1-3H3,(H,19,21)(H,17,18,20). The van der Waals surface area contributed by atoms with Crippen molar-refractivity contribution in [2.24, 2.45) is 0 Å². The van der Waals surface area contributed by atoms with Crippen LogP contribution in [-0.2, 0) is 4.79 Å². The van der Waals surface area contributed by atoms with E-state index < -0.39 is 0 Å². The summed E-state index contributed by atoms with van der Waals surface area (Å²) >= 11 is 3.24. The van der Waals surface area contributed by atoms with Gasteiger partial charge in [0, 0.05) is 22.8 Å². The molecule has 5 nitrogen and oxygen atoms in total. The maximum absolute atomic E-state index is 11.7. The summed E-state index contributed by atoms with van der Waals surface area (Å²) in [6.07, 6.45) is 0. The number of alkyl halides is 1. The third-order valence-electron chi connectivity index (χ3n) is 2.73. The molecule has 110 valence electrons. The Kier molecular flexibility index (Phi) is 4.90. The minimum absolute atomic E-state index is 0.0881. The van der Waals surface area contributed by atoms with Gasteiger partial charge >= 0.3 is 0 Å². The highest BCUT2D eigenvalue weighted by Crippen LogP contribution is 2.19. The zero-order valence-corrected chi connectivity index (χ0v) is 13.7. The monoisotopic (exact) mass is 348 g/mol. The SMILES string of the molecule is Cc1cc(C)nc(Nc2cccc(NC(=O)C(C)Br)c2)n1. The highest BCUT2D eigenvalue weighted by Gasteiger charge is 2.09. The number of hydrogen-bond donors (Lipinski definition) is 2. The van der Waals surface area contributed by atoms with Gasteiger partial charge in [-0.15, -0.1) is 0 Å². The van der Waals surface area contributed by atoms with Gasteiger partial charge in [0.15, 0.2) is 0 Å². The highest BCUT2D eigenvalue weighted by molar-refractivity contribution is 9.10. The van der Waals surface area contributed by atoms with Crippen molar-refractivity contribution < 1.29 is 4.79 Å². The van der Waals surface area contributed by atoms with Crippen molar-refractivity contribution in [2.75, 3.05) is 10.6 Å². The highest BCUT2D eigenvalue weighted by atomic mass is 79.9. The molecule has 1 amide bonds. The molecule has 0 radical (unpaired) electrons. The summed E-state index contributed by atoms with van der Waals surface area (Å²) in [5.74, 6) is 0.458. The number of carbonyl (C=O) groups is 1. The van der Waals surface area contributed by atoms with Crippen molar-refractivity contribution >= 4 is 39.2 Å². The Morgan fingerprint density at radius 2 is 1.76 bits per heavy atom. The Morgan fingerprint density at radius 3 is 2.38 bits per heavy atom. The Hall–Kier alpha value is -1.95. The van der Waals surface area contributed by atoms with Crippen molar-refractivity contribution in [2.45, 2.75) is 25.6 Å². The molecule has 0 aliphatic rings. The van der Waals surface area contributed by atoms with Gasteiger partial charge in [0.1, 0.15) is 0 Å². The molecule has 0 aliphatic carbocycles. The maximum Gasteiger partial charge on any atom is 0.237 e.